The highest BCUT2D eigenvalue weighted by atomic mass is 32.2. The highest BCUT2D eigenvalue weighted by molar-refractivity contribution is 7.80. The summed E-state index contributed by atoms with van der Waals surface area (Å²) in [5.41, 5.74) is 0. The molecule has 0 N–H and O–H groups in total. The van der Waals surface area contributed by atoms with Crippen LogP contribution in [0.25, 0.3) is 0 Å². The first-order valence-corrected chi connectivity index (χ1v) is 4.19. The number of rotatable bonds is 1. The first-order valence-electron chi connectivity index (χ1n) is 2.95. The summed E-state index contributed by atoms with van der Waals surface area (Å²) >= 11 is -1.63. The third kappa shape index (κ3) is 1.76. The van der Waals surface area contributed by atoms with Crippen molar-refractivity contribution in [3.8, 4) is 12.3 Å². The van der Waals surface area contributed by atoms with Crippen molar-refractivity contribution in [1.82, 2.24) is 0 Å². The van der Waals surface area contributed by atoms with E-state index in [1.54, 1.807) is 0 Å². The predicted molar refractivity (Wildman–Crippen MR) is 36.2 cm³/mol. The van der Waals surface area contributed by atoms with Gasteiger partial charge in [0.05, 0.1) is 11.7 Å². The summed E-state index contributed by atoms with van der Waals surface area (Å²) in [4.78, 5) is 0. The molecule has 1 rings (SSSR count). The number of alkyl halides is 2. The molecule has 62 valence electrons. The highest BCUT2D eigenvalue weighted by Crippen LogP contribution is 2.24. The van der Waals surface area contributed by atoms with Crippen molar-refractivity contribution < 1.29 is 17.2 Å². The molecular formula is C6H6F2O2S. The molecule has 0 spiro atoms. The van der Waals surface area contributed by atoms with Gasteiger partial charge >= 0.3 is 0 Å². The topological polar surface area (TPSA) is 26.3 Å². The predicted octanol–water partition coefficient (Wildman–Crippen LogP) is 0.563. The van der Waals surface area contributed by atoms with Gasteiger partial charge in [0.1, 0.15) is 6.10 Å². The van der Waals surface area contributed by atoms with Gasteiger partial charge in [-0.3, -0.25) is 4.18 Å². The lowest BCUT2D eigenvalue weighted by molar-refractivity contribution is 0.0148. The van der Waals surface area contributed by atoms with Gasteiger partial charge in [-0.05, 0) is 0 Å². The Bertz CT molecular complexity index is 211. The zero-order valence-electron chi connectivity index (χ0n) is 5.50. The monoisotopic (exact) mass is 180 g/mol. The van der Waals surface area contributed by atoms with Gasteiger partial charge in [0.15, 0.2) is 11.1 Å². The third-order valence-corrected chi connectivity index (χ3v) is 2.46. The van der Waals surface area contributed by atoms with Crippen molar-refractivity contribution in [1.29, 1.82) is 0 Å². The van der Waals surface area contributed by atoms with Crippen molar-refractivity contribution in [2.24, 2.45) is 5.92 Å². The molecule has 1 aliphatic heterocycles. The van der Waals surface area contributed by atoms with E-state index in [-0.39, 0.29) is 5.75 Å². The smallest absolute Gasteiger partial charge is 0.266 e. The van der Waals surface area contributed by atoms with Crippen LogP contribution in [-0.2, 0) is 15.3 Å². The fraction of sp³-hybridized carbons (Fsp3) is 0.667. The fourth-order valence-corrected chi connectivity index (χ4v) is 1.96. The first-order chi connectivity index (χ1) is 5.15. The van der Waals surface area contributed by atoms with Crippen LogP contribution in [0, 0.1) is 18.3 Å². The summed E-state index contributed by atoms with van der Waals surface area (Å²) in [6.07, 6.45) is 0.930. The highest BCUT2D eigenvalue weighted by Gasteiger charge is 2.38. The Balaban J connectivity index is 2.66. The normalized spacial score (nSPS) is 37.5. The van der Waals surface area contributed by atoms with Gasteiger partial charge in [0.2, 0.25) is 0 Å². The molecule has 5 heteroatoms. The molecule has 0 aromatic heterocycles. The summed E-state index contributed by atoms with van der Waals surface area (Å²) in [6.45, 7) is 0. The molecule has 1 heterocycles. The van der Waals surface area contributed by atoms with E-state index in [0.717, 1.165) is 0 Å². The molecule has 3 atom stereocenters. The summed E-state index contributed by atoms with van der Waals surface area (Å²) in [5.74, 6) is 1.43. The van der Waals surface area contributed by atoms with Crippen molar-refractivity contribution in [2.75, 3.05) is 5.75 Å². The van der Waals surface area contributed by atoms with Crippen LogP contribution in [0.4, 0.5) is 8.78 Å². The van der Waals surface area contributed by atoms with Crippen molar-refractivity contribution in [3.63, 3.8) is 0 Å². The molecule has 2 nitrogen and oxygen atoms in total. The van der Waals surface area contributed by atoms with E-state index in [0.29, 0.717) is 0 Å². The summed E-state index contributed by atoms with van der Waals surface area (Å²) in [6, 6.07) is 0. The molecule has 3 unspecified atom stereocenters. The minimum absolute atomic E-state index is 0.0194. The maximum Gasteiger partial charge on any atom is 0.266 e. The second-order valence-electron chi connectivity index (χ2n) is 2.14. The molecule has 0 aromatic carbocycles. The Morgan fingerprint density at radius 2 is 2.36 bits per heavy atom. The minimum atomic E-state index is -2.65. The molecule has 11 heavy (non-hydrogen) atoms. The van der Waals surface area contributed by atoms with Crippen molar-refractivity contribution >= 4 is 11.1 Å². The van der Waals surface area contributed by atoms with Gasteiger partial charge in [-0.2, -0.15) is 0 Å². The lowest BCUT2D eigenvalue weighted by Gasteiger charge is -2.08. The molecule has 0 bridgehead atoms. The average Bonchev–Trinajstić information content (AvgIpc) is 2.30. The molecule has 1 fully saturated rings. The maximum absolute atomic E-state index is 12.0. The number of halogens is 2. The van der Waals surface area contributed by atoms with Crippen LogP contribution in [0.1, 0.15) is 0 Å². The second-order valence-corrected chi connectivity index (χ2v) is 3.27. The summed E-state index contributed by atoms with van der Waals surface area (Å²) in [5, 5.41) is 0. The van der Waals surface area contributed by atoms with Crippen molar-refractivity contribution in [2.45, 2.75) is 12.5 Å². The van der Waals surface area contributed by atoms with Gasteiger partial charge in [0.25, 0.3) is 6.43 Å². The average molecular weight is 180 g/mol. The van der Waals surface area contributed by atoms with E-state index in [1.807, 2.05) is 0 Å². The van der Waals surface area contributed by atoms with E-state index in [4.69, 9.17) is 6.42 Å². The number of terminal acetylenes is 1. The van der Waals surface area contributed by atoms with Crippen LogP contribution >= 0.6 is 0 Å². The van der Waals surface area contributed by atoms with Crippen LogP contribution in [0.5, 0.6) is 0 Å². The Hall–Kier alpha value is -0.470. The molecule has 0 saturated carbocycles. The Labute approximate surface area is 65.6 Å². The van der Waals surface area contributed by atoms with Crippen LogP contribution in [-0.4, -0.2) is 22.5 Å². The minimum Gasteiger partial charge on any atom is -0.280 e. The van der Waals surface area contributed by atoms with E-state index in [9.17, 15) is 13.0 Å². The largest absolute Gasteiger partial charge is 0.280 e. The van der Waals surface area contributed by atoms with Crippen LogP contribution < -0.4 is 0 Å². The quantitative estimate of drug-likeness (QED) is 0.551. The first kappa shape index (κ1) is 8.62. The van der Waals surface area contributed by atoms with E-state index in [1.165, 1.54) is 0 Å². The zero-order chi connectivity index (χ0) is 8.43. The van der Waals surface area contributed by atoms with Gasteiger partial charge in [-0.15, -0.1) is 6.42 Å². The SMILES string of the molecule is C#CC1CS(=O)OC1C(F)F. The fourth-order valence-electron chi connectivity index (χ4n) is 0.832. The Morgan fingerprint density at radius 3 is 2.73 bits per heavy atom. The molecule has 0 aliphatic carbocycles. The Kier molecular flexibility index (Phi) is 2.58. The van der Waals surface area contributed by atoms with E-state index >= 15 is 0 Å². The van der Waals surface area contributed by atoms with E-state index < -0.39 is 29.5 Å². The van der Waals surface area contributed by atoms with E-state index in [2.05, 4.69) is 10.1 Å². The van der Waals surface area contributed by atoms with Gasteiger partial charge in [0, 0.05) is 0 Å². The van der Waals surface area contributed by atoms with Crippen LogP contribution in [0.3, 0.4) is 0 Å². The molecule has 1 saturated heterocycles. The Morgan fingerprint density at radius 1 is 1.73 bits per heavy atom. The second kappa shape index (κ2) is 3.28. The molecule has 0 radical (unpaired) electrons. The molecule has 0 aromatic rings. The summed E-state index contributed by atoms with van der Waals surface area (Å²) < 4.78 is 39.0. The molecular weight excluding hydrogens is 174 g/mol. The standard InChI is InChI=1S/C6H6F2O2S/c1-2-4-3-11(9)10-5(4)6(7)8/h1,4-6H,3H2. The van der Waals surface area contributed by atoms with Gasteiger partial charge in [-0.1, -0.05) is 5.92 Å². The molecule has 0 amide bonds. The van der Waals surface area contributed by atoms with Crippen LogP contribution in [0.15, 0.2) is 0 Å². The van der Waals surface area contributed by atoms with Gasteiger partial charge < -0.3 is 0 Å². The lowest BCUT2D eigenvalue weighted by atomic mass is 10.1. The third-order valence-electron chi connectivity index (χ3n) is 1.39. The van der Waals surface area contributed by atoms with Crippen LogP contribution in [0.2, 0.25) is 0 Å². The molecule has 1 aliphatic rings. The van der Waals surface area contributed by atoms with Crippen molar-refractivity contribution in [3.05, 3.63) is 0 Å². The summed E-state index contributed by atoms with van der Waals surface area (Å²) in [7, 11) is 0. The maximum atomic E-state index is 12.0. The zero-order valence-corrected chi connectivity index (χ0v) is 6.31. The van der Waals surface area contributed by atoms with Gasteiger partial charge in [-0.25, -0.2) is 13.0 Å². The number of hydrogen-bond acceptors (Lipinski definition) is 2. The number of hydrogen-bond donors (Lipinski definition) is 0. The lowest BCUT2D eigenvalue weighted by Crippen LogP contribution is -2.24.